The van der Waals surface area contributed by atoms with Gasteiger partial charge in [-0.2, -0.15) is 0 Å². The first-order valence-electron chi connectivity index (χ1n) is 3.01. The van der Waals surface area contributed by atoms with Gasteiger partial charge in [0.05, 0.1) is 0 Å². The zero-order valence-corrected chi connectivity index (χ0v) is 6.15. The van der Waals surface area contributed by atoms with Gasteiger partial charge in [0, 0.05) is 0 Å². The molecule has 0 radical (unpaired) electrons. The fraction of sp³-hybridized carbons (Fsp3) is 0.500. The smallest absolute Gasteiger partial charge is 0.0379 e. The summed E-state index contributed by atoms with van der Waals surface area (Å²) in [5.41, 5.74) is 0. The Balaban J connectivity index is 0. The second kappa shape index (κ2) is 16.1. The van der Waals surface area contributed by atoms with E-state index in [1.54, 1.807) is 6.08 Å². The molecule has 0 amide bonds. The van der Waals surface area contributed by atoms with Crippen LogP contribution in [0.25, 0.3) is 0 Å². The number of hydrogen-bond acceptors (Lipinski definition) is 0. The van der Waals surface area contributed by atoms with E-state index in [9.17, 15) is 0 Å². The maximum atomic E-state index is 3.36. The number of hydrogen-bond donors (Lipinski definition) is 0. The Bertz CT molecular complexity index is 51.1. The molecule has 0 N–H and O–H groups in total. The van der Waals surface area contributed by atoms with Crippen LogP contribution in [0.5, 0.6) is 0 Å². The Kier molecular flexibility index (Phi) is 21.0. The molecule has 0 atom stereocenters. The minimum absolute atomic E-state index is 1.16. The first kappa shape index (κ1) is 10.5. The predicted octanol–water partition coefficient (Wildman–Crippen LogP) is 3.16. The highest BCUT2D eigenvalue weighted by Crippen LogP contribution is 1.73. The number of allylic oxidation sites excluding steroid dienone is 3. The molecule has 0 aromatic rings. The summed E-state index contributed by atoms with van der Waals surface area (Å²) in [6.07, 6.45) is 7.09. The van der Waals surface area contributed by atoms with Gasteiger partial charge >= 0.3 is 0 Å². The Hall–Kier alpha value is -0.520. The van der Waals surface area contributed by atoms with Gasteiger partial charge in [-0.15, -0.1) is 6.58 Å². The van der Waals surface area contributed by atoms with E-state index in [2.05, 4.69) is 25.7 Å². The molecule has 0 unspecified atom stereocenters. The maximum absolute atomic E-state index is 3.36. The molecular weight excluding hydrogens is 96.1 g/mol. The molecule has 0 bridgehead atoms. The van der Waals surface area contributed by atoms with Crippen LogP contribution < -0.4 is 0 Å². The van der Waals surface area contributed by atoms with Crippen molar-refractivity contribution in [1.29, 1.82) is 0 Å². The van der Waals surface area contributed by atoms with Gasteiger partial charge in [0.15, 0.2) is 0 Å². The second-order valence-corrected chi connectivity index (χ2v) is 1.39. The van der Waals surface area contributed by atoms with Crippen LogP contribution in [-0.2, 0) is 0 Å². The normalized spacial score (nSPS) is 7.88. The highest BCUT2D eigenvalue weighted by atomic mass is 13.6. The van der Waals surface area contributed by atoms with Gasteiger partial charge in [-0.1, -0.05) is 25.2 Å². The van der Waals surface area contributed by atoms with Crippen LogP contribution in [0.4, 0.5) is 0 Å². The van der Waals surface area contributed by atoms with Gasteiger partial charge < -0.3 is 0 Å². The van der Waals surface area contributed by atoms with Crippen molar-refractivity contribution >= 4 is 0 Å². The van der Waals surface area contributed by atoms with Gasteiger partial charge in [-0.05, 0) is 20.3 Å². The van der Waals surface area contributed by atoms with Gasteiger partial charge in [0.2, 0.25) is 0 Å². The molecule has 0 aliphatic heterocycles. The highest BCUT2D eigenvalue weighted by Gasteiger charge is 1.52. The van der Waals surface area contributed by atoms with E-state index in [0.29, 0.717) is 0 Å². The van der Waals surface area contributed by atoms with Gasteiger partial charge in [0.25, 0.3) is 0 Å². The average Bonchev–Trinajstić information content (AvgIpc) is 1.71. The summed E-state index contributed by atoms with van der Waals surface area (Å²) in [7, 11) is 0. The first-order valence-corrected chi connectivity index (χ1v) is 3.01. The fourth-order valence-electron chi connectivity index (χ4n) is 0.236. The van der Waals surface area contributed by atoms with Crippen molar-refractivity contribution in [2.45, 2.75) is 27.2 Å². The maximum Gasteiger partial charge on any atom is -0.0379 e. The van der Waals surface area contributed by atoms with Crippen LogP contribution in [-0.4, -0.2) is 0 Å². The van der Waals surface area contributed by atoms with Crippen LogP contribution >= 0.6 is 0 Å². The van der Waals surface area contributed by atoms with E-state index >= 15 is 0 Å². The Morgan fingerprint density at radius 2 is 1.75 bits per heavy atom. The Morgan fingerprint density at radius 3 is 1.75 bits per heavy atom. The van der Waals surface area contributed by atoms with Crippen molar-refractivity contribution in [1.82, 2.24) is 0 Å². The Labute approximate surface area is 52.9 Å². The van der Waals surface area contributed by atoms with Crippen LogP contribution in [0.15, 0.2) is 24.8 Å². The van der Waals surface area contributed by atoms with Gasteiger partial charge in [-0.3, -0.25) is 0 Å². The molecule has 0 aliphatic rings. The molecule has 0 saturated carbocycles. The average molecular weight is 112 g/mol. The molecule has 0 spiro atoms. The molecule has 0 fully saturated rings. The quantitative estimate of drug-likeness (QED) is 0.457. The van der Waals surface area contributed by atoms with Crippen LogP contribution in [0, 0.1) is 0 Å². The minimum atomic E-state index is 1.16. The molecule has 0 nitrogen and oxygen atoms in total. The zero-order chi connectivity index (χ0) is 6.83. The van der Waals surface area contributed by atoms with Crippen molar-refractivity contribution < 1.29 is 0 Å². The third kappa shape index (κ3) is 50.2. The summed E-state index contributed by atoms with van der Waals surface area (Å²) in [5, 5.41) is 0. The van der Waals surface area contributed by atoms with Crippen LogP contribution in [0.2, 0.25) is 0 Å². The SMILES string of the molecule is C/C=C/CC.C=CC. The van der Waals surface area contributed by atoms with E-state index in [-0.39, 0.29) is 0 Å². The lowest BCUT2D eigenvalue weighted by Gasteiger charge is -1.65. The molecule has 0 rings (SSSR count). The predicted molar refractivity (Wildman–Crippen MR) is 41.0 cm³/mol. The molecule has 0 heterocycles. The number of rotatable bonds is 1. The third-order valence-electron chi connectivity index (χ3n) is 0.471. The molecule has 0 heteroatoms. The summed E-state index contributed by atoms with van der Waals surface area (Å²) in [4.78, 5) is 0. The fourth-order valence-corrected chi connectivity index (χ4v) is 0.236. The lowest BCUT2D eigenvalue weighted by molar-refractivity contribution is 1.22. The van der Waals surface area contributed by atoms with Crippen LogP contribution in [0.3, 0.4) is 0 Å². The van der Waals surface area contributed by atoms with Crippen molar-refractivity contribution in [3.05, 3.63) is 24.8 Å². The first-order chi connectivity index (χ1) is 3.83. The molecule has 0 aromatic carbocycles. The highest BCUT2D eigenvalue weighted by molar-refractivity contribution is 4.73. The monoisotopic (exact) mass is 112 g/mol. The van der Waals surface area contributed by atoms with Crippen molar-refractivity contribution in [2.24, 2.45) is 0 Å². The summed E-state index contributed by atoms with van der Waals surface area (Å²) in [6, 6.07) is 0. The summed E-state index contributed by atoms with van der Waals surface area (Å²) < 4.78 is 0. The lowest BCUT2D eigenvalue weighted by atomic mass is 10.4. The summed E-state index contributed by atoms with van der Waals surface area (Å²) >= 11 is 0. The summed E-state index contributed by atoms with van der Waals surface area (Å²) in [5.74, 6) is 0. The van der Waals surface area contributed by atoms with Crippen molar-refractivity contribution in [3.8, 4) is 0 Å². The van der Waals surface area contributed by atoms with Crippen molar-refractivity contribution in [3.63, 3.8) is 0 Å². The molecule has 48 valence electrons. The standard InChI is InChI=1S/C5H10.C3H6/c1-3-5-4-2;1-3-2/h3,5H,4H2,1-2H3;3H,1H2,2H3/b5-3+;. The zero-order valence-electron chi connectivity index (χ0n) is 6.15. The molecule has 8 heavy (non-hydrogen) atoms. The summed E-state index contributed by atoms with van der Waals surface area (Å²) in [6.45, 7) is 9.41. The molecular formula is C8H16. The largest absolute Gasteiger partial charge is 0.103 e. The second-order valence-electron chi connectivity index (χ2n) is 1.39. The lowest BCUT2D eigenvalue weighted by Crippen LogP contribution is -1.43. The van der Waals surface area contributed by atoms with Gasteiger partial charge in [-0.25, -0.2) is 0 Å². The topological polar surface area (TPSA) is 0 Å². The minimum Gasteiger partial charge on any atom is -0.103 e. The van der Waals surface area contributed by atoms with E-state index in [0.717, 1.165) is 6.42 Å². The molecule has 0 aliphatic carbocycles. The Morgan fingerprint density at radius 1 is 1.38 bits per heavy atom. The van der Waals surface area contributed by atoms with E-state index in [1.165, 1.54) is 0 Å². The molecule has 0 aromatic heterocycles. The van der Waals surface area contributed by atoms with E-state index in [4.69, 9.17) is 0 Å². The van der Waals surface area contributed by atoms with E-state index in [1.807, 2.05) is 13.8 Å². The van der Waals surface area contributed by atoms with Gasteiger partial charge in [0.1, 0.15) is 0 Å². The third-order valence-corrected chi connectivity index (χ3v) is 0.471. The molecule has 0 saturated heterocycles. The van der Waals surface area contributed by atoms with E-state index < -0.39 is 0 Å². The van der Waals surface area contributed by atoms with Crippen LogP contribution in [0.1, 0.15) is 27.2 Å². The van der Waals surface area contributed by atoms with Crippen molar-refractivity contribution in [2.75, 3.05) is 0 Å².